The van der Waals surface area contributed by atoms with Crippen molar-refractivity contribution in [1.29, 1.82) is 0 Å². The summed E-state index contributed by atoms with van der Waals surface area (Å²) in [5.41, 5.74) is 1.06. The number of para-hydroxylation sites is 1. The molecule has 0 fully saturated rings. The first-order valence-electron chi connectivity index (χ1n) is 6.56. The molecule has 0 saturated carbocycles. The van der Waals surface area contributed by atoms with E-state index in [0.717, 1.165) is 31.8 Å². The largest absolute Gasteiger partial charge is 0.489 e. The predicted octanol–water partition coefficient (Wildman–Crippen LogP) is 2.01. The molecule has 5 heteroatoms. The Morgan fingerprint density at radius 1 is 1.47 bits per heavy atom. The van der Waals surface area contributed by atoms with E-state index >= 15 is 0 Å². The van der Waals surface area contributed by atoms with Crippen LogP contribution in [-0.4, -0.2) is 44.0 Å². The van der Waals surface area contributed by atoms with Crippen LogP contribution in [0.15, 0.2) is 18.2 Å². The van der Waals surface area contributed by atoms with Gasteiger partial charge in [0.2, 0.25) is 0 Å². The lowest BCUT2D eigenvalue weighted by atomic mass is 10.1. The Kier molecular flexibility index (Phi) is 4.63. The Balaban J connectivity index is 2.11. The molecule has 0 spiro atoms. The first-order chi connectivity index (χ1) is 9.24. The highest BCUT2D eigenvalue weighted by molar-refractivity contribution is 5.93. The van der Waals surface area contributed by atoms with Gasteiger partial charge in [0, 0.05) is 13.2 Å². The van der Waals surface area contributed by atoms with Gasteiger partial charge >= 0.3 is 5.97 Å². The number of aromatic carboxylic acids is 1. The van der Waals surface area contributed by atoms with Crippen LogP contribution in [-0.2, 0) is 4.74 Å². The van der Waals surface area contributed by atoms with Gasteiger partial charge in [0.15, 0.2) is 5.75 Å². The minimum Gasteiger partial charge on any atom is -0.489 e. The number of hydrogen-bond acceptors (Lipinski definition) is 4. The van der Waals surface area contributed by atoms with E-state index in [1.807, 2.05) is 6.07 Å². The monoisotopic (exact) mass is 265 g/mol. The fourth-order valence-electron chi connectivity index (χ4n) is 2.13. The van der Waals surface area contributed by atoms with E-state index < -0.39 is 5.97 Å². The van der Waals surface area contributed by atoms with Gasteiger partial charge in [-0.2, -0.15) is 0 Å². The molecule has 0 aliphatic carbocycles. The highest BCUT2D eigenvalue weighted by Crippen LogP contribution is 2.34. The van der Waals surface area contributed by atoms with Crippen molar-refractivity contribution in [3.63, 3.8) is 0 Å². The highest BCUT2D eigenvalue weighted by atomic mass is 16.5. The second-order valence-electron chi connectivity index (χ2n) is 4.41. The molecule has 2 rings (SSSR count). The van der Waals surface area contributed by atoms with Crippen molar-refractivity contribution in [3.8, 4) is 5.75 Å². The number of benzene rings is 1. The molecule has 0 atom stereocenters. The minimum absolute atomic E-state index is 0.219. The third-order valence-electron chi connectivity index (χ3n) is 3.03. The number of fused-ring (bicyclic) bond motifs is 1. The molecular weight excluding hydrogens is 246 g/mol. The van der Waals surface area contributed by atoms with Gasteiger partial charge < -0.3 is 19.5 Å². The Hall–Kier alpha value is -1.75. The van der Waals surface area contributed by atoms with Gasteiger partial charge in [-0.1, -0.05) is 13.0 Å². The van der Waals surface area contributed by atoms with Gasteiger partial charge in [0.1, 0.15) is 12.2 Å². The summed E-state index contributed by atoms with van der Waals surface area (Å²) >= 11 is 0. The van der Waals surface area contributed by atoms with Crippen LogP contribution < -0.4 is 9.64 Å². The molecule has 1 aliphatic rings. The molecule has 0 unspecified atom stereocenters. The summed E-state index contributed by atoms with van der Waals surface area (Å²) in [6.45, 7) is 5.48. The third-order valence-corrected chi connectivity index (χ3v) is 3.03. The second-order valence-corrected chi connectivity index (χ2v) is 4.41. The van der Waals surface area contributed by atoms with E-state index in [0.29, 0.717) is 19.0 Å². The molecule has 5 nitrogen and oxygen atoms in total. The topological polar surface area (TPSA) is 59.0 Å². The molecule has 104 valence electrons. The van der Waals surface area contributed by atoms with Gasteiger partial charge in [-0.25, -0.2) is 4.79 Å². The Labute approximate surface area is 112 Å². The van der Waals surface area contributed by atoms with Crippen molar-refractivity contribution < 1.29 is 19.4 Å². The van der Waals surface area contributed by atoms with Crippen LogP contribution in [0, 0.1) is 0 Å². The average molecular weight is 265 g/mol. The summed E-state index contributed by atoms with van der Waals surface area (Å²) in [5.74, 6) is -0.488. The molecule has 1 N–H and O–H groups in total. The zero-order valence-corrected chi connectivity index (χ0v) is 11.1. The van der Waals surface area contributed by atoms with Crippen LogP contribution >= 0.6 is 0 Å². The second kappa shape index (κ2) is 6.43. The first-order valence-corrected chi connectivity index (χ1v) is 6.56. The summed E-state index contributed by atoms with van der Waals surface area (Å²) in [6.07, 6.45) is 1.00. The van der Waals surface area contributed by atoms with Crippen LogP contribution in [0.4, 0.5) is 5.69 Å². The van der Waals surface area contributed by atoms with Crippen molar-refractivity contribution in [2.45, 2.75) is 13.3 Å². The number of nitrogens with zero attached hydrogens (tertiary/aromatic N) is 1. The molecule has 0 radical (unpaired) electrons. The quantitative estimate of drug-likeness (QED) is 0.797. The third kappa shape index (κ3) is 3.17. The van der Waals surface area contributed by atoms with Crippen molar-refractivity contribution in [2.75, 3.05) is 37.8 Å². The lowest BCUT2D eigenvalue weighted by molar-refractivity contribution is 0.0692. The van der Waals surface area contributed by atoms with Crippen LogP contribution in [0.5, 0.6) is 5.75 Å². The molecule has 0 saturated heterocycles. The fraction of sp³-hybridized carbons (Fsp3) is 0.500. The van der Waals surface area contributed by atoms with Gasteiger partial charge in [0.05, 0.1) is 18.8 Å². The number of carboxylic acid groups (broad SMARTS) is 1. The van der Waals surface area contributed by atoms with E-state index in [1.165, 1.54) is 0 Å². The predicted molar refractivity (Wildman–Crippen MR) is 72.2 cm³/mol. The normalized spacial score (nSPS) is 13.8. The van der Waals surface area contributed by atoms with E-state index in [2.05, 4.69) is 11.8 Å². The van der Waals surface area contributed by atoms with E-state index in [9.17, 15) is 4.79 Å². The Morgan fingerprint density at radius 3 is 3.05 bits per heavy atom. The van der Waals surface area contributed by atoms with Gasteiger partial charge in [-0.3, -0.25) is 0 Å². The maximum absolute atomic E-state index is 11.2. The SMILES string of the molecule is CCCOCCN1CCOc2c(C(=O)O)cccc21. The first kappa shape index (κ1) is 13.7. The molecule has 1 aromatic rings. The highest BCUT2D eigenvalue weighted by Gasteiger charge is 2.23. The zero-order valence-electron chi connectivity index (χ0n) is 11.1. The van der Waals surface area contributed by atoms with Gasteiger partial charge in [-0.15, -0.1) is 0 Å². The zero-order chi connectivity index (χ0) is 13.7. The van der Waals surface area contributed by atoms with Crippen LogP contribution in [0.25, 0.3) is 0 Å². The fourth-order valence-corrected chi connectivity index (χ4v) is 2.13. The molecule has 1 heterocycles. The number of carbonyl (C=O) groups is 1. The number of carboxylic acids is 1. The van der Waals surface area contributed by atoms with Crippen LogP contribution in [0.1, 0.15) is 23.7 Å². The van der Waals surface area contributed by atoms with Gasteiger partial charge in [0.25, 0.3) is 0 Å². The molecule has 0 bridgehead atoms. The number of hydrogen-bond donors (Lipinski definition) is 1. The van der Waals surface area contributed by atoms with Crippen molar-refractivity contribution in [2.24, 2.45) is 0 Å². The van der Waals surface area contributed by atoms with Crippen molar-refractivity contribution in [1.82, 2.24) is 0 Å². The summed E-state index contributed by atoms with van der Waals surface area (Å²) in [5, 5.41) is 9.15. The maximum atomic E-state index is 11.2. The standard InChI is InChI=1S/C14H19NO4/c1-2-8-18-9-6-15-7-10-19-13-11(14(16)17)4-3-5-12(13)15/h3-5H,2,6-10H2,1H3,(H,16,17). The van der Waals surface area contributed by atoms with Gasteiger partial charge in [-0.05, 0) is 18.6 Å². The van der Waals surface area contributed by atoms with Crippen molar-refractivity contribution >= 4 is 11.7 Å². The van der Waals surface area contributed by atoms with E-state index in [4.69, 9.17) is 14.6 Å². The van der Waals surface area contributed by atoms with Crippen LogP contribution in [0.2, 0.25) is 0 Å². The average Bonchev–Trinajstić information content (AvgIpc) is 2.43. The molecule has 0 amide bonds. The molecular formula is C14H19NO4. The molecule has 1 aliphatic heterocycles. The summed E-state index contributed by atoms with van der Waals surface area (Å²) < 4.78 is 11.0. The lowest BCUT2D eigenvalue weighted by Gasteiger charge is -2.31. The van der Waals surface area contributed by atoms with E-state index in [1.54, 1.807) is 12.1 Å². The molecule has 1 aromatic carbocycles. The molecule has 0 aromatic heterocycles. The number of ether oxygens (including phenoxy) is 2. The minimum atomic E-state index is -0.957. The summed E-state index contributed by atoms with van der Waals surface area (Å²) in [4.78, 5) is 13.3. The number of anilines is 1. The van der Waals surface area contributed by atoms with Crippen molar-refractivity contribution in [3.05, 3.63) is 23.8 Å². The number of rotatable bonds is 6. The van der Waals surface area contributed by atoms with E-state index in [-0.39, 0.29) is 5.56 Å². The summed E-state index contributed by atoms with van der Waals surface area (Å²) in [7, 11) is 0. The molecule has 19 heavy (non-hydrogen) atoms. The Morgan fingerprint density at radius 2 is 2.32 bits per heavy atom. The smallest absolute Gasteiger partial charge is 0.339 e. The maximum Gasteiger partial charge on any atom is 0.339 e. The summed E-state index contributed by atoms with van der Waals surface area (Å²) in [6, 6.07) is 5.20. The van der Waals surface area contributed by atoms with Crippen LogP contribution in [0.3, 0.4) is 0 Å². The lowest BCUT2D eigenvalue weighted by Crippen LogP contribution is -2.35. The Bertz CT molecular complexity index is 447.